The molecule has 2 amide bonds. The average Bonchev–Trinajstić information content (AvgIpc) is 3.42. The zero-order valence-electron chi connectivity index (χ0n) is 16.6. The Bertz CT molecular complexity index is 1160. The van der Waals surface area contributed by atoms with E-state index in [9.17, 15) is 9.59 Å². The highest BCUT2D eigenvalue weighted by Crippen LogP contribution is 2.17. The minimum atomic E-state index is -0.200. The smallest absolute Gasteiger partial charge is 0.230 e. The van der Waals surface area contributed by atoms with Crippen LogP contribution in [0.4, 0.5) is 10.8 Å². The van der Waals surface area contributed by atoms with Gasteiger partial charge in [0.25, 0.3) is 0 Å². The number of anilines is 2. The first kappa shape index (κ1) is 19.8. The number of nitrogens with one attached hydrogen (secondary N) is 2. The van der Waals surface area contributed by atoms with Gasteiger partial charge in [-0.05, 0) is 12.1 Å². The molecule has 0 unspecified atom stereocenters. The third kappa shape index (κ3) is 4.71. The fourth-order valence-corrected chi connectivity index (χ4v) is 3.52. The number of fused-ring (bicyclic) bond motifs is 1. The molecule has 0 saturated heterocycles. The summed E-state index contributed by atoms with van der Waals surface area (Å²) in [6, 6.07) is 5.83. The predicted octanol–water partition coefficient (Wildman–Crippen LogP) is 2.81. The van der Waals surface area contributed by atoms with Crippen LogP contribution >= 0.6 is 11.3 Å². The second-order valence-electron chi connectivity index (χ2n) is 7.14. The summed E-state index contributed by atoms with van der Waals surface area (Å²) in [5.41, 5.74) is 2.96. The third-order valence-corrected chi connectivity index (χ3v) is 5.11. The van der Waals surface area contributed by atoms with E-state index in [2.05, 4.69) is 25.7 Å². The lowest BCUT2D eigenvalue weighted by atomic mass is 10.2. The maximum atomic E-state index is 12.3. The first-order chi connectivity index (χ1) is 14.5. The fraction of sp³-hybridized carbons (Fsp3) is 0.250. The van der Waals surface area contributed by atoms with Crippen molar-refractivity contribution in [2.24, 2.45) is 5.92 Å². The minimum absolute atomic E-state index is 0.0987. The van der Waals surface area contributed by atoms with Gasteiger partial charge in [-0.15, -0.1) is 11.3 Å². The minimum Gasteiger partial charge on any atom is -0.323 e. The molecular formula is C20H21N7O2S. The Morgan fingerprint density at radius 2 is 2.00 bits per heavy atom. The maximum Gasteiger partial charge on any atom is 0.230 e. The summed E-state index contributed by atoms with van der Waals surface area (Å²) in [6.45, 7) is 4.13. The monoisotopic (exact) mass is 423 g/mol. The number of aromatic nitrogens is 5. The Balaban J connectivity index is 1.32. The normalized spacial score (nSPS) is 11.2. The second kappa shape index (κ2) is 8.46. The van der Waals surface area contributed by atoms with Crippen molar-refractivity contribution in [1.29, 1.82) is 0 Å². The van der Waals surface area contributed by atoms with Gasteiger partial charge in [0.05, 0.1) is 36.2 Å². The van der Waals surface area contributed by atoms with E-state index < -0.39 is 0 Å². The predicted molar refractivity (Wildman–Crippen MR) is 114 cm³/mol. The molecular weight excluding hydrogens is 402 g/mol. The standard InChI is InChI=1S/C20H21N7O2S/c1-13(2)19(29)25-20-24-14(12-30-20)7-18(28)23-15-8-21-27(10-15)11-16-9-26-6-4-3-5-17(26)22-16/h3-6,8-10,12-13H,7,11H2,1-2H3,(H,23,28)(H,24,25,29). The highest BCUT2D eigenvalue weighted by Gasteiger charge is 2.13. The lowest BCUT2D eigenvalue weighted by Crippen LogP contribution is -2.18. The van der Waals surface area contributed by atoms with Gasteiger partial charge >= 0.3 is 0 Å². The summed E-state index contributed by atoms with van der Waals surface area (Å²) in [7, 11) is 0. The summed E-state index contributed by atoms with van der Waals surface area (Å²) in [5, 5.41) is 12.1. The van der Waals surface area contributed by atoms with Crippen LogP contribution in [0.25, 0.3) is 5.65 Å². The van der Waals surface area contributed by atoms with Crippen LogP contribution in [0.5, 0.6) is 0 Å². The molecule has 154 valence electrons. The number of amides is 2. The van der Waals surface area contributed by atoms with E-state index in [0.29, 0.717) is 23.1 Å². The molecule has 0 bridgehead atoms. The van der Waals surface area contributed by atoms with Crippen molar-refractivity contribution in [1.82, 2.24) is 24.1 Å². The Kier molecular flexibility index (Phi) is 5.57. The zero-order chi connectivity index (χ0) is 21.1. The topological polar surface area (TPSA) is 106 Å². The van der Waals surface area contributed by atoms with Crippen molar-refractivity contribution in [2.45, 2.75) is 26.8 Å². The van der Waals surface area contributed by atoms with Crippen molar-refractivity contribution in [2.75, 3.05) is 10.6 Å². The molecule has 4 aromatic rings. The van der Waals surface area contributed by atoms with Gasteiger partial charge in [0.2, 0.25) is 11.8 Å². The Labute approximate surface area is 176 Å². The average molecular weight is 424 g/mol. The molecule has 0 atom stereocenters. The molecule has 0 aliphatic carbocycles. The van der Waals surface area contributed by atoms with Gasteiger partial charge < -0.3 is 15.0 Å². The quantitative estimate of drug-likeness (QED) is 0.475. The Hall–Kier alpha value is -3.53. The van der Waals surface area contributed by atoms with E-state index in [4.69, 9.17) is 0 Å². The largest absolute Gasteiger partial charge is 0.323 e. The summed E-state index contributed by atoms with van der Waals surface area (Å²) in [5.74, 6) is -0.426. The van der Waals surface area contributed by atoms with Gasteiger partial charge in [-0.1, -0.05) is 19.9 Å². The van der Waals surface area contributed by atoms with E-state index in [1.165, 1.54) is 11.3 Å². The van der Waals surface area contributed by atoms with Crippen molar-refractivity contribution < 1.29 is 9.59 Å². The molecule has 0 saturated carbocycles. The third-order valence-electron chi connectivity index (χ3n) is 4.30. The van der Waals surface area contributed by atoms with Crippen molar-refractivity contribution >= 4 is 39.6 Å². The van der Waals surface area contributed by atoms with Crippen LogP contribution in [0.2, 0.25) is 0 Å². The van der Waals surface area contributed by atoms with Crippen molar-refractivity contribution in [3.63, 3.8) is 0 Å². The fourth-order valence-electron chi connectivity index (χ4n) is 2.81. The van der Waals surface area contributed by atoms with Crippen LogP contribution in [0.15, 0.2) is 48.4 Å². The number of rotatable bonds is 7. The molecule has 9 nitrogen and oxygen atoms in total. The van der Waals surface area contributed by atoms with Gasteiger partial charge in [0.15, 0.2) is 5.13 Å². The first-order valence-corrected chi connectivity index (χ1v) is 10.3. The lowest BCUT2D eigenvalue weighted by Gasteiger charge is -2.03. The van der Waals surface area contributed by atoms with Crippen LogP contribution in [0.3, 0.4) is 0 Å². The lowest BCUT2D eigenvalue weighted by molar-refractivity contribution is -0.119. The van der Waals surface area contributed by atoms with Gasteiger partial charge in [0, 0.05) is 29.9 Å². The number of carbonyl (C=O) groups excluding carboxylic acids is 2. The highest BCUT2D eigenvalue weighted by atomic mass is 32.1. The van der Waals surface area contributed by atoms with Gasteiger partial charge in [0.1, 0.15) is 5.65 Å². The van der Waals surface area contributed by atoms with E-state index in [1.807, 2.05) is 48.8 Å². The number of hydrogen-bond acceptors (Lipinski definition) is 6. The maximum absolute atomic E-state index is 12.3. The number of hydrogen-bond donors (Lipinski definition) is 2. The summed E-state index contributed by atoms with van der Waals surface area (Å²) >= 11 is 1.30. The molecule has 0 spiro atoms. The van der Waals surface area contributed by atoms with Gasteiger partial charge in [-0.2, -0.15) is 5.10 Å². The number of imidazole rings is 1. The van der Waals surface area contributed by atoms with Crippen LogP contribution < -0.4 is 10.6 Å². The molecule has 0 aliphatic heterocycles. The van der Waals surface area contributed by atoms with Gasteiger partial charge in [-0.3, -0.25) is 14.3 Å². The van der Waals surface area contributed by atoms with Crippen LogP contribution in [0, 0.1) is 5.92 Å². The molecule has 0 aliphatic rings. The van der Waals surface area contributed by atoms with E-state index in [0.717, 1.165) is 11.3 Å². The van der Waals surface area contributed by atoms with Crippen molar-refractivity contribution in [3.8, 4) is 0 Å². The van der Waals surface area contributed by atoms with E-state index in [1.54, 1.807) is 22.5 Å². The molecule has 4 rings (SSSR count). The number of thiazole rings is 1. The molecule has 4 heterocycles. The van der Waals surface area contributed by atoms with Gasteiger partial charge in [-0.25, -0.2) is 9.97 Å². The molecule has 30 heavy (non-hydrogen) atoms. The molecule has 0 radical (unpaired) electrons. The Morgan fingerprint density at radius 1 is 1.13 bits per heavy atom. The summed E-state index contributed by atoms with van der Waals surface area (Å²) < 4.78 is 3.67. The van der Waals surface area contributed by atoms with Crippen LogP contribution in [0.1, 0.15) is 25.2 Å². The molecule has 2 N–H and O–H groups in total. The van der Waals surface area contributed by atoms with E-state index in [-0.39, 0.29) is 24.2 Å². The number of pyridine rings is 1. The van der Waals surface area contributed by atoms with Crippen molar-refractivity contribution in [3.05, 3.63) is 59.8 Å². The van der Waals surface area contributed by atoms with E-state index >= 15 is 0 Å². The zero-order valence-corrected chi connectivity index (χ0v) is 17.4. The Morgan fingerprint density at radius 3 is 2.80 bits per heavy atom. The second-order valence-corrected chi connectivity index (χ2v) is 8.00. The number of nitrogens with zero attached hydrogens (tertiary/aromatic N) is 5. The summed E-state index contributed by atoms with van der Waals surface area (Å²) in [6.07, 6.45) is 7.37. The van der Waals surface area contributed by atoms with Crippen LogP contribution in [-0.2, 0) is 22.6 Å². The molecule has 10 heteroatoms. The first-order valence-electron chi connectivity index (χ1n) is 9.46. The molecule has 4 aromatic heterocycles. The summed E-state index contributed by atoms with van der Waals surface area (Å²) in [4.78, 5) is 32.9. The highest BCUT2D eigenvalue weighted by molar-refractivity contribution is 7.13. The SMILES string of the molecule is CC(C)C(=O)Nc1nc(CC(=O)Nc2cnn(Cc3cn4ccccc4n3)c2)cs1. The molecule has 0 fully saturated rings. The number of carbonyl (C=O) groups is 2. The van der Waals surface area contributed by atoms with Crippen LogP contribution in [-0.4, -0.2) is 36.0 Å². The molecule has 0 aromatic carbocycles.